The summed E-state index contributed by atoms with van der Waals surface area (Å²) >= 11 is 0. The number of ketones is 1. The number of carbonyl (C=O) groups is 1. The molecule has 0 spiro atoms. The average molecular weight is 390 g/mol. The first-order valence-corrected chi connectivity index (χ1v) is 11.1. The fourth-order valence-electron chi connectivity index (χ4n) is 6.34. The van der Waals surface area contributed by atoms with Crippen molar-refractivity contribution in [2.45, 2.75) is 51.4 Å². The SMILES string of the molecule is CN(C)c1ccc(Oc2ccc3c(c2)CCC2C3CCC3(C)C(=O)CCC23)cc1. The van der Waals surface area contributed by atoms with Crippen LogP contribution in [0.5, 0.6) is 11.5 Å². The van der Waals surface area contributed by atoms with Crippen molar-refractivity contribution in [2.75, 3.05) is 19.0 Å². The van der Waals surface area contributed by atoms with E-state index in [1.807, 2.05) is 26.2 Å². The number of fused-ring (bicyclic) bond motifs is 5. The second-order valence-electron chi connectivity index (χ2n) is 9.68. The lowest BCUT2D eigenvalue weighted by atomic mass is 9.55. The van der Waals surface area contributed by atoms with Gasteiger partial charge in [0.15, 0.2) is 0 Å². The topological polar surface area (TPSA) is 29.5 Å². The van der Waals surface area contributed by atoms with Gasteiger partial charge in [-0.05, 0) is 97.4 Å². The zero-order valence-corrected chi connectivity index (χ0v) is 17.8. The standard InChI is InChI=1S/C26H31NO2/c1-26-15-14-22-21-11-9-20(29-19-7-5-18(6-8-19)27(2)3)16-17(21)4-10-23(22)24(26)12-13-25(26)28/h5-9,11,16,22-24H,4,10,12-15H2,1-3H3. The fourth-order valence-corrected chi connectivity index (χ4v) is 6.34. The highest BCUT2D eigenvalue weighted by atomic mass is 16.5. The van der Waals surface area contributed by atoms with Crippen LogP contribution in [0.25, 0.3) is 0 Å². The number of carbonyl (C=O) groups excluding carboxylic acids is 1. The Morgan fingerprint density at radius 2 is 1.72 bits per heavy atom. The molecule has 2 aromatic rings. The Morgan fingerprint density at radius 3 is 2.48 bits per heavy atom. The highest BCUT2D eigenvalue weighted by Crippen LogP contribution is 2.59. The number of aryl methyl sites for hydroxylation is 1. The average Bonchev–Trinajstić information content (AvgIpc) is 3.03. The predicted molar refractivity (Wildman–Crippen MR) is 117 cm³/mol. The molecule has 0 aromatic heterocycles. The summed E-state index contributed by atoms with van der Waals surface area (Å²) in [5.41, 5.74) is 4.09. The molecule has 0 saturated heterocycles. The molecule has 0 N–H and O–H groups in total. The van der Waals surface area contributed by atoms with E-state index >= 15 is 0 Å². The van der Waals surface area contributed by atoms with Gasteiger partial charge in [0.25, 0.3) is 0 Å². The summed E-state index contributed by atoms with van der Waals surface area (Å²) in [5, 5.41) is 0. The Morgan fingerprint density at radius 1 is 0.966 bits per heavy atom. The molecule has 0 aliphatic heterocycles. The van der Waals surface area contributed by atoms with Crippen molar-refractivity contribution in [1.82, 2.24) is 0 Å². The van der Waals surface area contributed by atoms with Crippen molar-refractivity contribution in [3.05, 3.63) is 53.6 Å². The van der Waals surface area contributed by atoms with Gasteiger partial charge >= 0.3 is 0 Å². The van der Waals surface area contributed by atoms with Crippen molar-refractivity contribution in [3.63, 3.8) is 0 Å². The molecule has 3 aliphatic carbocycles. The molecule has 4 unspecified atom stereocenters. The predicted octanol–water partition coefficient (Wildman–Crippen LogP) is 5.97. The van der Waals surface area contributed by atoms with Gasteiger partial charge in [-0.2, -0.15) is 0 Å². The molecule has 2 fully saturated rings. The van der Waals surface area contributed by atoms with Crippen molar-refractivity contribution in [1.29, 1.82) is 0 Å². The van der Waals surface area contributed by atoms with E-state index in [0.717, 1.165) is 43.6 Å². The van der Waals surface area contributed by atoms with Gasteiger partial charge in [-0.3, -0.25) is 4.79 Å². The zero-order chi connectivity index (χ0) is 20.2. The first kappa shape index (κ1) is 18.7. The first-order chi connectivity index (χ1) is 14.0. The molecule has 3 nitrogen and oxygen atoms in total. The number of hydrogen-bond donors (Lipinski definition) is 0. The third-order valence-electron chi connectivity index (χ3n) is 8.00. The number of ether oxygens (including phenoxy) is 1. The van der Waals surface area contributed by atoms with Crippen LogP contribution in [-0.4, -0.2) is 19.9 Å². The van der Waals surface area contributed by atoms with Crippen LogP contribution < -0.4 is 9.64 Å². The third-order valence-corrected chi connectivity index (χ3v) is 8.00. The number of Topliss-reactive ketones (excluding diaryl/α,β-unsaturated/α-hetero) is 1. The van der Waals surface area contributed by atoms with Crippen LogP contribution in [-0.2, 0) is 11.2 Å². The van der Waals surface area contributed by atoms with Crippen molar-refractivity contribution >= 4 is 11.5 Å². The van der Waals surface area contributed by atoms with Crippen molar-refractivity contribution < 1.29 is 9.53 Å². The molecule has 152 valence electrons. The molecule has 0 heterocycles. The number of rotatable bonds is 3. The molecule has 3 aliphatic rings. The number of nitrogens with zero attached hydrogens (tertiary/aromatic N) is 1. The lowest BCUT2D eigenvalue weighted by Gasteiger charge is -2.48. The van der Waals surface area contributed by atoms with Gasteiger partial charge in [0.1, 0.15) is 17.3 Å². The maximum Gasteiger partial charge on any atom is 0.139 e. The van der Waals surface area contributed by atoms with Gasteiger partial charge in [0.2, 0.25) is 0 Å². The van der Waals surface area contributed by atoms with Gasteiger partial charge in [-0.15, -0.1) is 0 Å². The van der Waals surface area contributed by atoms with Crippen LogP contribution in [0.15, 0.2) is 42.5 Å². The van der Waals surface area contributed by atoms with E-state index in [-0.39, 0.29) is 5.41 Å². The number of benzene rings is 2. The van der Waals surface area contributed by atoms with E-state index in [9.17, 15) is 4.79 Å². The van der Waals surface area contributed by atoms with E-state index in [1.54, 1.807) is 0 Å². The Bertz CT molecular complexity index is 932. The monoisotopic (exact) mass is 389 g/mol. The van der Waals surface area contributed by atoms with Crippen LogP contribution >= 0.6 is 0 Å². The minimum Gasteiger partial charge on any atom is -0.457 e. The molecule has 2 aromatic carbocycles. The fraction of sp³-hybridized carbons (Fsp3) is 0.500. The summed E-state index contributed by atoms with van der Waals surface area (Å²) in [7, 11) is 4.09. The molecule has 0 bridgehead atoms. The molecule has 0 amide bonds. The second kappa shape index (κ2) is 6.90. The van der Waals surface area contributed by atoms with Crippen molar-refractivity contribution in [3.8, 4) is 11.5 Å². The molecule has 0 radical (unpaired) electrons. The van der Waals surface area contributed by atoms with Crippen LogP contribution in [0.3, 0.4) is 0 Å². The van der Waals surface area contributed by atoms with Crippen LogP contribution in [0.2, 0.25) is 0 Å². The molecular formula is C26H31NO2. The number of anilines is 1. The smallest absolute Gasteiger partial charge is 0.139 e. The Hall–Kier alpha value is -2.29. The molecule has 29 heavy (non-hydrogen) atoms. The zero-order valence-electron chi connectivity index (χ0n) is 17.8. The van der Waals surface area contributed by atoms with Crippen LogP contribution in [0.4, 0.5) is 5.69 Å². The lowest BCUT2D eigenvalue weighted by molar-refractivity contribution is -0.129. The van der Waals surface area contributed by atoms with Gasteiger partial charge < -0.3 is 9.64 Å². The third kappa shape index (κ3) is 3.06. The summed E-state index contributed by atoms with van der Waals surface area (Å²) in [6, 6.07) is 14.9. The normalized spacial score (nSPS) is 30.3. The number of hydrogen-bond acceptors (Lipinski definition) is 3. The Labute approximate surface area is 174 Å². The molecule has 2 saturated carbocycles. The van der Waals surface area contributed by atoms with E-state index in [0.29, 0.717) is 23.5 Å². The molecule has 4 atom stereocenters. The second-order valence-corrected chi connectivity index (χ2v) is 9.68. The van der Waals surface area contributed by atoms with Crippen LogP contribution in [0.1, 0.15) is 56.1 Å². The molecular weight excluding hydrogens is 358 g/mol. The van der Waals surface area contributed by atoms with Gasteiger partial charge in [0.05, 0.1) is 0 Å². The summed E-state index contributed by atoms with van der Waals surface area (Å²) in [5.74, 6) is 4.22. The van der Waals surface area contributed by atoms with Crippen LogP contribution in [0, 0.1) is 17.3 Å². The minimum absolute atomic E-state index is 0.0412. The highest BCUT2D eigenvalue weighted by molar-refractivity contribution is 5.87. The Balaban J connectivity index is 1.36. The maximum atomic E-state index is 12.5. The summed E-state index contributed by atoms with van der Waals surface area (Å²) in [6.45, 7) is 2.25. The van der Waals surface area contributed by atoms with Gasteiger partial charge in [0, 0.05) is 31.6 Å². The maximum absolute atomic E-state index is 12.5. The minimum atomic E-state index is -0.0412. The van der Waals surface area contributed by atoms with E-state index in [4.69, 9.17) is 4.74 Å². The van der Waals surface area contributed by atoms with Crippen molar-refractivity contribution in [2.24, 2.45) is 17.3 Å². The molecule has 5 rings (SSSR count). The van der Waals surface area contributed by atoms with E-state index in [2.05, 4.69) is 42.2 Å². The summed E-state index contributed by atoms with van der Waals surface area (Å²) in [4.78, 5) is 14.6. The largest absolute Gasteiger partial charge is 0.457 e. The summed E-state index contributed by atoms with van der Waals surface area (Å²) in [6.07, 6.45) is 6.45. The van der Waals surface area contributed by atoms with Gasteiger partial charge in [-0.1, -0.05) is 13.0 Å². The van der Waals surface area contributed by atoms with Gasteiger partial charge in [-0.25, -0.2) is 0 Å². The highest BCUT2D eigenvalue weighted by Gasteiger charge is 2.54. The molecule has 3 heteroatoms. The summed E-state index contributed by atoms with van der Waals surface area (Å²) < 4.78 is 6.15. The van der Waals surface area contributed by atoms with E-state index in [1.165, 1.54) is 23.2 Å². The van der Waals surface area contributed by atoms with E-state index < -0.39 is 0 Å². The first-order valence-electron chi connectivity index (χ1n) is 11.1. The lowest BCUT2D eigenvalue weighted by Crippen LogP contribution is -2.42. The quantitative estimate of drug-likeness (QED) is 0.648. The Kier molecular flexibility index (Phi) is 4.45.